The summed E-state index contributed by atoms with van der Waals surface area (Å²) < 4.78 is 4.81. The van der Waals surface area contributed by atoms with Gasteiger partial charge < -0.3 is 4.57 Å². The molecule has 11 aromatic rings. The Balaban J connectivity index is 1.08. The molecule has 0 saturated carbocycles. The van der Waals surface area contributed by atoms with E-state index in [2.05, 4.69) is 167 Å². The minimum atomic E-state index is 0.613. The largest absolute Gasteiger partial charge is 0.309 e. The van der Waals surface area contributed by atoms with Gasteiger partial charge in [-0.1, -0.05) is 152 Å². The predicted molar refractivity (Wildman–Crippen MR) is 232 cm³/mol. The molecule has 0 bridgehead atoms. The molecule has 5 nitrogen and oxygen atoms in total. The first-order valence-electron chi connectivity index (χ1n) is 18.6. The van der Waals surface area contributed by atoms with Crippen molar-refractivity contribution in [2.45, 2.75) is 0 Å². The Morgan fingerprint density at radius 1 is 0.393 bits per heavy atom. The Morgan fingerprint density at radius 3 is 1.62 bits per heavy atom. The van der Waals surface area contributed by atoms with E-state index in [0.29, 0.717) is 17.5 Å². The highest BCUT2D eigenvalue weighted by Crippen LogP contribution is 2.40. The highest BCUT2D eigenvalue weighted by molar-refractivity contribution is 7.26. The monoisotopic (exact) mass is 733 g/mol. The lowest BCUT2D eigenvalue weighted by molar-refractivity contribution is 1.07. The molecule has 0 aliphatic heterocycles. The van der Waals surface area contributed by atoms with Crippen molar-refractivity contribution in [1.29, 1.82) is 0 Å². The summed E-state index contributed by atoms with van der Waals surface area (Å²) in [7, 11) is 0. The van der Waals surface area contributed by atoms with Gasteiger partial charge in [-0.15, -0.1) is 11.3 Å². The van der Waals surface area contributed by atoms with Gasteiger partial charge in [-0.25, -0.2) is 15.0 Å². The van der Waals surface area contributed by atoms with Crippen LogP contribution in [0.5, 0.6) is 0 Å². The van der Waals surface area contributed by atoms with Crippen LogP contribution in [-0.4, -0.2) is 24.5 Å². The second-order valence-electron chi connectivity index (χ2n) is 13.9. The van der Waals surface area contributed by atoms with Gasteiger partial charge in [0.05, 0.1) is 26.9 Å². The Labute approximate surface area is 326 Å². The second-order valence-corrected chi connectivity index (χ2v) is 14.9. The Bertz CT molecular complexity index is 3190. The number of thiophene rings is 1. The zero-order valence-electron chi connectivity index (χ0n) is 30.0. The van der Waals surface area contributed by atoms with Crippen molar-refractivity contribution in [1.82, 2.24) is 24.5 Å². The van der Waals surface area contributed by atoms with E-state index in [9.17, 15) is 0 Å². The number of benzene rings is 7. The quantitative estimate of drug-likeness (QED) is 0.171. The Kier molecular flexibility index (Phi) is 7.60. The number of hydrogen-bond acceptors (Lipinski definition) is 5. The third-order valence-electron chi connectivity index (χ3n) is 10.5. The van der Waals surface area contributed by atoms with E-state index >= 15 is 0 Å². The van der Waals surface area contributed by atoms with Gasteiger partial charge in [-0.2, -0.15) is 0 Å². The molecule has 0 saturated heterocycles. The molecular weight excluding hydrogens is 703 g/mol. The van der Waals surface area contributed by atoms with Gasteiger partial charge in [0.1, 0.15) is 0 Å². The maximum Gasteiger partial charge on any atom is 0.164 e. The lowest BCUT2D eigenvalue weighted by atomic mass is 10.0. The molecule has 6 heteroatoms. The summed E-state index contributed by atoms with van der Waals surface area (Å²) in [4.78, 5) is 20.1. The normalized spacial score (nSPS) is 11.6. The van der Waals surface area contributed by atoms with Crippen LogP contribution >= 0.6 is 11.3 Å². The second kappa shape index (κ2) is 13.2. The molecule has 0 atom stereocenters. The van der Waals surface area contributed by atoms with Crippen LogP contribution in [0.15, 0.2) is 188 Å². The summed E-state index contributed by atoms with van der Waals surface area (Å²) in [5.74, 6) is 1.86. The summed E-state index contributed by atoms with van der Waals surface area (Å²) in [5.41, 5.74) is 11.7. The third kappa shape index (κ3) is 5.38. The van der Waals surface area contributed by atoms with Crippen molar-refractivity contribution >= 4 is 53.4 Å². The van der Waals surface area contributed by atoms with Crippen LogP contribution in [0.3, 0.4) is 0 Å². The summed E-state index contributed by atoms with van der Waals surface area (Å²) in [6.07, 6.45) is 1.87. The minimum absolute atomic E-state index is 0.613. The van der Waals surface area contributed by atoms with Crippen molar-refractivity contribution in [2.75, 3.05) is 0 Å². The Hall–Kier alpha value is -7.28. The van der Waals surface area contributed by atoms with Crippen LogP contribution < -0.4 is 0 Å². The Morgan fingerprint density at radius 2 is 0.929 bits per heavy atom. The molecule has 56 heavy (non-hydrogen) atoms. The van der Waals surface area contributed by atoms with Gasteiger partial charge in [0.25, 0.3) is 0 Å². The molecule has 0 aliphatic rings. The third-order valence-corrected chi connectivity index (χ3v) is 11.7. The maximum atomic E-state index is 5.19. The van der Waals surface area contributed by atoms with E-state index in [-0.39, 0.29) is 0 Å². The first-order valence-corrected chi connectivity index (χ1v) is 19.5. The minimum Gasteiger partial charge on any atom is -0.309 e. The van der Waals surface area contributed by atoms with Crippen molar-refractivity contribution in [2.24, 2.45) is 0 Å². The first-order chi connectivity index (χ1) is 27.8. The number of fused-ring (bicyclic) bond motifs is 6. The van der Waals surface area contributed by atoms with E-state index in [1.807, 2.05) is 30.5 Å². The van der Waals surface area contributed by atoms with Gasteiger partial charge in [0.2, 0.25) is 0 Å². The van der Waals surface area contributed by atoms with E-state index in [1.54, 1.807) is 11.3 Å². The number of nitrogens with zero attached hydrogens (tertiary/aromatic N) is 5. The van der Waals surface area contributed by atoms with Crippen molar-refractivity contribution in [3.8, 4) is 62.1 Å². The molecule has 0 amide bonds. The molecule has 4 aromatic heterocycles. The lowest BCUT2D eigenvalue weighted by Crippen LogP contribution is -2.02. The van der Waals surface area contributed by atoms with Crippen molar-refractivity contribution in [3.63, 3.8) is 0 Å². The molecule has 0 N–H and O–H groups in total. The van der Waals surface area contributed by atoms with E-state index in [0.717, 1.165) is 55.6 Å². The zero-order valence-corrected chi connectivity index (χ0v) is 30.9. The smallest absolute Gasteiger partial charge is 0.164 e. The van der Waals surface area contributed by atoms with E-state index < -0.39 is 0 Å². The molecule has 4 heterocycles. The molecule has 0 aliphatic carbocycles. The van der Waals surface area contributed by atoms with E-state index in [1.165, 1.54) is 31.1 Å². The van der Waals surface area contributed by atoms with Crippen LogP contribution in [0, 0.1) is 0 Å². The fourth-order valence-corrected chi connectivity index (χ4v) is 9.09. The zero-order chi connectivity index (χ0) is 37.0. The first kappa shape index (κ1) is 32.2. The van der Waals surface area contributed by atoms with Crippen LogP contribution in [0.25, 0.3) is 104 Å². The highest BCUT2D eigenvalue weighted by Gasteiger charge is 2.19. The van der Waals surface area contributed by atoms with Gasteiger partial charge in [-0.3, -0.25) is 4.98 Å². The molecule has 0 spiro atoms. The molecule has 11 rings (SSSR count). The number of aromatic nitrogens is 5. The van der Waals surface area contributed by atoms with Gasteiger partial charge in [0, 0.05) is 49.3 Å². The van der Waals surface area contributed by atoms with Gasteiger partial charge in [0.15, 0.2) is 17.5 Å². The molecule has 0 unspecified atom stereocenters. The summed E-state index contributed by atoms with van der Waals surface area (Å²) in [5, 5.41) is 3.61. The van der Waals surface area contributed by atoms with Crippen LogP contribution in [-0.2, 0) is 0 Å². The SMILES string of the molecule is c1ccc(-c2nc(-c3ccc(-c4cccc5c4sc4cccnc45)cc3)nc(-c3ccc(-c4ccccc4)c(-n4c5ccccc5c5ccccc54)c3)n2)cc1. The average Bonchev–Trinajstić information content (AvgIpc) is 3.83. The predicted octanol–water partition coefficient (Wildman–Crippen LogP) is 13.1. The highest BCUT2D eigenvalue weighted by atomic mass is 32.1. The fourth-order valence-electron chi connectivity index (χ4n) is 7.89. The van der Waals surface area contributed by atoms with E-state index in [4.69, 9.17) is 15.0 Å². The number of hydrogen-bond donors (Lipinski definition) is 0. The molecule has 262 valence electrons. The van der Waals surface area contributed by atoms with Crippen molar-refractivity contribution < 1.29 is 0 Å². The average molecular weight is 734 g/mol. The van der Waals surface area contributed by atoms with Crippen LogP contribution in [0.4, 0.5) is 0 Å². The molecule has 0 fully saturated rings. The summed E-state index contributed by atoms with van der Waals surface area (Å²) in [6, 6.07) is 63.8. The maximum absolute atomic E-state index is 5.19. The summed E-state index contributed by atoms with van der Waals surface area (Å²) in [6.45, 7) is 0. The number of para-hydroxylation sites is 2. The molecular formula is C50H31N5S. The number of rotatable bonds is 6. The van der Waals surface area contributed by atoms with Gasteiger partial charge >= 0.3 is 0 Å². The van der Waals surface area contributed by atoms with Crippen LogP contribution in [0.1, 0.15) is 0 Å². The summed E-state index contributed by atoms with van der Waals surface area (Å²) >= 11 is 1.79. The standard InChI is InChI=1S/C50H31N5S/c1-3-13-32(14-4-1)37-29-28-36(31-44(37)55-42-21-9-7-17-39(42)40-18-8-10-22-43(40)55)50-53-48(34-15-5-2-6-16-34)52-49(54-50)35-26-24-33(25-27-35)38-19-11-20-41-46-45(56-47(38)41)23-12-30-51-46/h1-31H. The van der Waals surface area contributed by atoms with Gasteiger partial charge in [-0.05, 0) is 47.0 Å². The fraction of sp³-hybridized carbons (Fsp3) is 0. The lowest BCUT2D eigenvalue weighted by Gasteiger charge is -2.16. The molecule has 7 aromatic carbocycles. The molecule has 0 radical (unpaired) electrons. The number of pyridine rings is 1. The topological polar surface area (TPSA) is 56.5 Å². The van der Waals surface area contributed by atoms with Crippen LogP contribution in [0.2, 0.25) is 0 Å². The van der Waals surface area contributed by atoms with Crippen molar-refractivity contribution in [3.05, 3.63) is 188 Å².